The number of rotatable bonds is 3. The van der Waals surface area contributed by atoms with Crippen molar-refractivity contribution in [1.29, 1.82) is 0 Å². The highest BCUT2D eigenvalue weighted by Gasteiger charge is 2.21. The molecule has 0 aromatic carbocycles. The van der Waals surface area contributed by atoms with Gasteiger partial charge in [-0.2, -0.15) is 0 Å². The molecule has 0 bridgehead atoms. The third kappa shape index (κ3) is 3.44. The maximum Gasteiger partial charge on any atom is 0.514 e. The average Bonchev–Trinajstić information content (AvgIpc) is 2.61. The topological polar surface area (TPSA) is 69.7 Å². The van der Waals surface area contributed by atoms with E-state index in [-0.39, 0.29) is 15.9 Å². The summed E-state index contributed by atoms with van der Waals surface area (Å²) in [4.78, 5) is 11.8. The zero-order valence-corrected chi connectivity index (χ0v) is 11.6. The van der Waals surface area contributed by atoms with Crippen LogP contribution in [0, 0.1) is 0 Å². The van der Waals surface area contributed by atoms with Crippen LogP contribution in [0.5, 0.6) is 5.06 Å². The van der Waals surface area contributed by atoms with Crippen molar-refractivity contribution >= 4 is 27.3 Å². The second-order valence-corrected chi connectivity index (χ2v) is 6.81. The normalized spacial score (nSPS) is 11.6. The molecule has 0 spiro atoms. The number of thiophene rings is 1. The molecule has 0 aliphatic carbocycles. The number of carbonyl (C=O) groups is 1. The zero-order chi connectivity index (χ0) is 13.2. The van der Waals surface area contributed by atoms with E-state index >= 15 is 0 Å². The fourth-order valence-corrected chi connectivity index (χ4v) is 3.71. The van der Waals surface area contributed by atoms with E-state index in [1.165, 1.54) is 13.2 Å². The summed E-state index contributed by atoms with van der Waals surface area (Å²) in [7, 11) is -2.13. The molecule has 1 rings (SSSR count). The SMILES string of the molecule is COC(=O)Oc1cc(S(C)(=O)=O)c(C(C)C)s1. The molecule has 96 valence electrons. The predicted octanol–water partition coefficient (Wildman–Crippen LogP) is 2.42. The van der Waals surface area contributed by atoms with Gasteiger partial charge in [-0.05, 0) is 5.92 Å². The number of sulfone groups is 1. The molecular formula is C10H14O5S2. The Hall–Kier alpha value is -1.08. The monoisotopic (exact) mass is 278 g/mol. The van der Waals surface area contributed by atoms with E-state index in [0.717, 1.165) is 17.6 Å². The van der Waals surface area contributed by atoms with Gasteiger partial charge in [-0.1, -0.05) is 13.8 Å². The Morgan fingerprint density at radius 2 is 2.00 bits per heavy atom. The number of hydrogen-bond acceptors (Lipinski definition) is 6. The Kier molecular flexibility index (Phi) is 4.16. The molecule has 0 aliphatic heterocycles. The van der Waals surface area contributed by atoms with Crippen molar-refractivity contribution < 1.29 is 22.7 Å². The summed E-state index contributed by atoms with van der Waals surface area (Å²) in [6.45, 7) is 3.75. The molecule has 0 aliphatic rings. The van der Waals surface area contributed by atoms with E-state index in [1.54, 1.807) is 0 Å². The van der Waals surface area contributed by atoms with Crippen LogP contribution in [0.15, 0.2) is 11.0 Å². The van der Waals surface area contributed by atoms with Gasteiger partial charge in [0.1, 0.15) is 0 Å². The molecular weight excluding hydrogens is 264 g/mol. The quantitative estimate of drug-likeness (QED) is 0.794. The first-order valence-electron chi connectivity index (χ1n) is 4.85. The number of ether oxygens (including phenoxy) is 2. The third-order valence-corrected chi connectivity index (χ3v) is 4.56. The average molecular weight is 278 g/mol. The maximum atomic E-state index is 11.6. The second kappa shape index (κ2) is 5.05. The minimum Gasteiger partial charge on any atom is -0.437 e. The molecule has 0 unspecified atom stereocenters. The molecule has 0 saturated carbocycles. The van der Waals surface area contributed by atoms with Gasteiger partial charge in [-0.15, -0.1) is 11.3 Å². The van der Waals surface area contributed by atoms with Crippen LogP contribution in [0.1, 0.15) is 24.6 Å². The lowest BCUT2D eigenvalue weighted by molar-refractivity contribution is 0.123. The van der Waals surface area contributed by atoms with Crippen molar-refractivity contribution in [3.05, 3.63) is 10.9 Å². The third-order valence-electron chi connectivity index (χ3n) is 1.98. The number of carbonyl (C=O) groups excluding carboxylic acids is 1. The highest BCUT2D eigenvalue weighted by Crippen LogP contribution is 2.37. The molecule has 0 amide bonds. The van der Waals surface area contributed by atoms with Gasteiger partial charge in [0.2, 0.25) is 0 Å². The van der Waals surface area contributed by atoms with Crippen molar-refractivity contribution in [2.24, 2.45) is 0 Å². The van der Waals surface area contributed by atoms with Crippen molar-refractivity contribution in [1.82, 2.24) is 0 Å². The smallest absolute Gasteiger partial charge is 0.437 e. The predicted molar refractivity (Wildman–Crippen MR) is 64.6 cm³/mol. The van der Waals surface area contributed by atoms with Crippen LogP contribution in [0.3, 0.4) is 0 Å². The molecule has 0 atom stereocenters. The van der Waals surface area contributed by atoms with Crippen LogP contribution >= 0.6 is 11.3 Å². The van der Waals surface area contributed by atoms with E-state index in [2.05, 4.69) is 4.74 Å². The van der Waals surface area contributed by atoms with E-state index in [1.807, 2.05) is 13.8 Å². The summed E-state index contributed by atoms with van der Waals surface area (Å²) in [5, 5.41) is 0.223. The van der Waals surface area contributed by atoms with Gasteiger partial charge in [-0.3, -0.25) is 0 Å². The first-order valence-corrected chi connectivity index (χ1v) is 7.56. The van der Waals surface area contributed by atoms with Crippen molar-refractivity contribution in [3.63, 3.8) is 0 Å². The van der Waals surface area contributed by atoms with Gasteiger partial charge in [0.25, 0.3) is 0 Å². The van der Waals surface area contributed by atoms with E-state index < -0.39 is 16.0 Å². The van der Waals surface area contributed by atoms with Crippen LogP contribution in [0.2, 0.25) is 0 Å². The molecule has 1 aromatic heterocycles. The van der Waals surface area contributed by atoms with Crippen molar-refractivity contribution in [3.8, 4) is 5.06 Å². The minimum absolute atomic E-state index is 0.0414. The number of hydrogen-bond donors (Lipinski definition) is 0. The molecule has 0 fully saturated rings. The summed E-state index contributed by atoms with van der Waals surface area (Å²) < 4.78 is 32.3. The van der Waals surface area contributed by atoms with E-state index in [4.69, 9.17) is 4.74 Å². The summed E-state index contributed by atoms with van der Waals surface area (Å²) in [6.07, 6.45) is 0.268. The van der Waals surface area contributed by atoms with Gasteiger partial charge >= 0.3 is 6.16 Å². The fourth-order valence-electron chi connectivity index (χ4n) is 1.23. The summed E-state index contributed by atoms with van der Waals surface area (Å²) in [5.74, 6) is 0.0414. The van der Waals surface area contributed by atoms with Crippen LogP contribution in [-0.4, -0.2) is 27.9 Å². The summed E-state index contributed by atoms with van der Waals surface area (Å²) in [5.41, 5.74) is 0. The highest BCUT2D eigenvalue weighted by molar-refractivity contribution is 7.91. The highest BCUT2D eigenvalue weighted by atomic mass is 32.2. The first-order chi connectivity index (χ1) is 7.75. The molecule has 1 heterocycles. The Labute approximate surface area is 104 Å². The Morgan fingerprint density at radius 1 is 1.41 bits per heavy atom. The lowest BCUT2D eigenvalue weighted by Crippen LogP contribution is -2.06. The lowest BCUT2D eigenvalue weighted by atomic mass is 10.2. The van der Waals surface area contributed by atoms with Gasteiger partial charge in [0, 0.05) is 17.2 Å². The van der Waals surface area contributed by atoms with Crippen molar-refractivity contribution in [2.75, 3.05) is 13.4 Å². The van der Waals surface area contributed by atoms with Gasteiger partial charge < -0.3 is 9.47 Å². The van der Waals surface area contributed by atoms with Crippen LogP contribution in [-0.2, 0) is 14.6 Å². The summed E-state index contributed by atoms with van der Waals surface area (Å²) in [6, 6.07) is 1.35. The van der Waals surface area contributed by atoms with Gasteiger partial charge in [0.15, 0.2) is 14.9 Å². The maximum absolute atomic E-state index is 11.6. The molecule has 5 nitrogen and oxygen atoms in total. The van der Waals surface area contributed by atoms with Gasteiger partial charge in [0.05, 0.1) is 12.0 Å². The van der Waals surface area contributed by atoms with Crippen LogP contribution in [0.25, 0.3) is 0 Å². The summed E-state index contributed by atoms with van der Waals surface area (Å²) >= 11 is 1.14. The standard InChI is InChI=1S/C10H14O5S2/c1-6(2)9-7(17(4,12)13)5-8(16-9)15-10(11)14-3/h5-6H,1-4H3. The van der Waals surface area contributed by atoms with E-state index in [9.17, 15) is 13.2 Å². The fraction of sp³-hybridized carbons (Fsp3) is 0.500. The Balaban J connectivity index is 3.18. The van der Waals surface area contributed by atoms with Crippen LogP contribution in [0.4, 0.5) is 4.79 Å². The molecule has 0 radical (unpaired) electrons. The molecule has 0 saturated heterocycles. The number of methoxy groups -OCH3 is 1. The minimum atomic E-state index is -3.32. The molecule has 0 N–H and O–H groups in total. The van der Waals surface area contributed by atoms with E-state index in [0.29, 0.717) is 4.88 Å². The Bertz CT molecular complexity index is 513. The largest absolute Gasteiger partial charge is 0.514 e. The molecule has 1 aromatic rings. The second-order valence-electron chi connectivity index (χ2n) is 3.78. The van der Waals surface area contributed by atoms with Crippen LogP contribution < -0.4 is 4.74 Å². The zero-order valence-electron chi connectivity index (χ0n) is 10.0. The molecule has 7 heteroatoms. The lowest BCUT2D eigenvalue weighted by Gasteiger charge is -2.03. The molecule has 17 heavy (non-hydrogen) atoms. The Morgan fingerprint density at radius 3 is 2.35 bits per heavy atom. The van der Waals surface area contributed by atoms with Crippen molar-refractivity contribution in [2.45, 2.75) is 24.7 Å². The van der Waals surface area contributed by atoms with Gasteiger partial charge in [-0.25, -0.2) is 13.2 Å². The first kappa shape index (κ1) is 14.0.